The lowest BCUT2D eigenvalue weighted by molar-refractivity contribution is 0.204. The summed E-state index contributed by atoms with van der Waals surface area (Å²) < 4.78 is 7.20. The predicted octanol–water partition coefficient (Wildman–Crippen LogP) is 3.21. The fourth-order valence-electron chi connectivity index (χ4n) is 2.10. The van der Waals surface area contributed by atoms with Crippen molar-refractivity contribution in [2.75, 3.05) is 5.75 Å². The summed E-state index contributed by atoms with van der Waals surface area (Å²) in [5, 5.41) is 19.3. The van der Waals surface area contributed by atoms with E-state index in [0.717, 1.165) is 10.7 Å². The van der Waals surface area contributed by atoms with Crippen LogP contribution in [0.3, 0.4) is 0 Å². The first kappa shape index (κ1) is 14.9. The molecule has 1 atom stereocenters. The molecule has 0 fully saturated rings. The number of furan rings is 1. The Labute approximate surface area is 133 Å². The Morgan fingerprint density at radius 1 is 1.23 bits per heavy atom. The molecule has 1 unspecified atom stereocenters. The number of aryl methyl sites for hydroxylation is 1. The molecule has 3 rings (SSSR count). The number of thioether (sulfide) groups is 1. The summed E-state index contributed by atoms with van der Waals surface area (Å²) in [6.45, 7) is 2.03. The normalized spacial score (nSPS) is 12.5. The Bertz CT molecular complexity index is 735. The Morgan fingerprint density at radius 3 is 2.68 bits per heavy atom. The summed E-state index contributed by atoms with van der Waals surface area (Å²) in [6.07, 6.45) is 1.08. The monoisotopic (exact) mass is 315 g/mol. The molecule has 0 aliphatic rings. The van der Waals surface area contributed by atoms with Crippen molar-refractivity contribution in [3.8, 4) is 11.6 Å². The maximum Gasteiger partial charge on any atom is 0.200 e. The van der Waals surface area contributed by atoms with E-state index in [9.17, 15) is 5.11 Å². The smallest absolute Gasteiger partial charge is 0.200 e. The van der Waals surface area contributed by atoms with Crippen molar-refractivity contribution in [2.45, 2.75) is 18.2 Å². The van der Waals surface area contributed by atoms with Crippen LogP contribution in [0.15, 0.2) is 52.2 Å². The quantitative estimate of drug-likeness (QED) is 0.732. The van der Waals surface area contributed by atoms with Crippen molar-refractivity contribution in [3.05, 3.63) is 53.8 Å². The van der Waals surface area contributed by atoms with Gasteiger partial charge in [0.05, 0.1) is 12.4 Å². The van der Waals surface area contributed by atoms with E-state index < -0.39 is 6.10 Å². The van der Waals surface area contributed by atoms with E-state index >= 15 is 0 Å². The van der Waals surface area contributed by atoms with Gasteiger partial charge >= 0.3 is 0 Å². The van der Waals surface area contributed by atoms with Gasteiger partial charge in [-0.05, 0) is 24.6 Å². The third-order valence-corrected chi connectivity index (χ3v) is 4.51. The Morgan fingerprint density at radius 2 is 2.00 bits per heavy atom. The number of aliphatic hydroxyl groups excluding tert-OH is 1. The van der Waals surface area contributed by atoms with Crippen LogP contribution in [0.1, 0.15) is 17.2 Å². The highest BCUT2D eigenvalue weighted by Gasteiger charge is 2.15. The summed E-state index contributed by atoms with van der Waals surface area (Å²) in [6, 6.07) is 11.6. The maximum absolute atomic E-state index is 10.3. The molecule has 0 amide bonds. The molecule has 3 aromatic rings. The summed E-state index contributed by atoms with van der Waals surface area (Å²) in [7, 11) is 1.89. The predicted molar refractivity (Wildman–Crippen MR) is 85.6 cm³/mol. The second-order valence-corrected chi connectivity index (χ2v) is 6.07. The molecule has 5 nitrogen and oxygen atoms in total. The van der Waals surface area contributed by atoms with Gasteiger partial charge in [-0.25, -0.2) is 0 Å². The van der Waals surface area contributed by atoms with Crippen LogP contribution >= 0.6 is 11.8 Å². The molecule has 0 saturated heterocycles. The van der Waals surface area contributed by atoms with E-state index in [1.807, 2.05) is 54.9 Å². The van der Waals surface area contributed by atoms with Gasteiger partial charge in [-0.2, -0.15) is 0 Å². The van der Waals surface area contributed by atoms with Crippen molar-refractivity contribution in [1.82, 2.24) is 14.8 Å². The Hall–Kier alpha value is -2.05. The fourth-order valence-corrected chi connectivity index (χ4v) is 2.98. The third-order valence-electron chi connectivity index (χ3n) is 3.41. The summed E-state index contributed by atoms with van der Waals surface area (Å²) in [5.74, 6) is 1.88. The van der Waals surface area contributed by atoms with Gasteiger partial charge in [0, 0.05) is 12.8 Å². The highest BCUT2D eigenvalue weighted by Crippen LogP contribution is 2.26. The maximum atomic E-state index is 10.3. The highest BCUT2D eigenvalue weighted by atomic mass is 32.2. The number of rotatable bonds is 5. The van der Waals surface area contributed by atoms with E-state index in [1.54, 1.807) is 6.26 Å². The summed E-state index contributed by atoms with van der Waals surface area (Å²) in [4.78, 5) is 0. The first-order valence-corrected chi connectivity index (χ1v) is 7.94. The molecular formula is C16H17N3O2S. The van der Waals surface area contributed by atoms with Crippen molar-refractivity contribution in [1.29, 1.82) is 0 Å². The average molecular weight is 315 g/mol. The van der Waals surface area contributed by atoms with Gasteiger partial charge in [-0.1, -0.05) is 41.6 Å². The van der Waals surface area contributed by atoms with Crippen molar-refractivity contribution in [3.63, 3.8) is 0 Å². The molecule has 0 aliphatic carbocycles. The van der Waals surface area contributed by atoms with Crippen molar-refractivity contribution >= 4 is 11.8 Å². The number of aliphatic hydroxyl groups is 1. The first-order valence-electron chi connectivity index (χ1n) is 6.96. The van der Waals surface area contributed by atoms with E-state index in [0.29, 0.717) is 17.3 Å². The van der Waals surface area contributed by atoms with Gasteiger partial charge in [0.25, 0.3) is 0 Å². The molecule has 1 aromatic carbocycles. The SMILES string of the molecule is Cc1ccc(C(O)CSc2nnc(-c3ccco3)n2C)cc1. The molecule has 0 saturated carbocycles. The molecule has 6 heteroatoms. The molecule has 114 valence electrons. The lowest BCUT2D eigenvalue weighted by Crippen LogP contribution is -2.02. The average Bonchev–Trinajstić information content (AvgIpc) is 3.15. The van der Waals surface area contributed by atoms with Crippen LogP contribution in [-0.2, 0) is 7.05 Å². The van der Waals surface area contributed by atoms with Crippen LogP contribution < -0.4 is 0 Å². The van der Waals surface area contributed by atoms with Gasteiger partial charge in [0.2, 0.25) is 0 Å². The molecule has 2 heterocycles. The highest BCUT2D eigenvalue weighted by molar-refractivity contribution is 7.99. The molecule has 0 radical (unpaired) electrons. The Balaban J connectivity index is 1.68. The van der Waals surface area contributed by atoms with Crippen LogP contribution in [-0.4, -0.2) is 25.6 Å². The minimum Gasteiger partial charge on any atom is -0.461 e. The van der Waals surface area contributed by atoms with Crippen LogP contribution in [0.2, 0.25) is 0 Å². The minimum absolute atomic E-state index is 0.521. The second kappa shape index (κ2) is 6.37. The van der Waals surface area contributed by atoms with Gasteiger partial charge in [0.1, 0.15) is 0 Å². The zero-order valence-electron chi connectivity index (χ0n) is 12.4. The van der Waals surface area contributed by atoms with Crippen molar-refractivity contribution < 1.29 is 9.52 Å². The summed E-state index contributed by atoms with van der Waals surface area (Å²) in [5.41, 5.74) is 2.09. The number of nitrogens with zero attached hydrogens (tertiary/aromatic N) is 3. The molecule has 1 N–H and O–H groups in total. The van der Waals surface area contributed by atoms with Crippen LogP contribution in [0.4, 0.5) is 0 Å². The lowest BCUT2D eigenvalue weighted by atomic mass is 10.1. The number of aromatic nitrogens is 3. The molecular weight excluding hydrogens is 298 g/mol. The minimum atomic E-state index is -0.533. The largest absolute Gasteiger partial charge is 0.461 e. The molecule has 0 spiro atoms. The van der Waals surface area contributed by atoms with Gasteiger partial charge < -0.3 is 14.1 Å². The fraction of sp³-hybridized carbons (Fsp3) is 0.250. The van der Waals surface area contributed by atoms with Gasteiger partial charge in [-0.15, -0.1) is 10.2 Å². The zero-order chi connectivity index (χ0) is 15.5. The van der Waals surface area contributed by atoms with E-state index in [2.05, 4.69) is 10.2 Å². The first-order chi connectivity index (χ1) is 10.6. The Kier molecular flexibility index (Phi) is 4.31. The number of benzene rings is 1. The summed E-state index contributed by atoms with van der Waals surface area (Å²) >= 11 is 1.47. The van der Waals surface area contributed by atoms with E-state index in [1.165, 1.54) is 17.3 Å². The number of hydrogen-bond acceptors (Lipinski definition) is 5. The van der Waals surface area contributed by atoms with E-state index in [-0.39, 0.29) is 0 Å². The van der Waals surface area contributed by atoms with Gasteiger partial charge in [0.15, 0.2) is 16.7 Å². The molecule has 0 bridgehead atoms. The molecule has 2 aromatic heterocycles. The third kappa shape index (κ3) is 3.08. The van der Waals surface area contributed by atoms with Crippen molar-refractivity contribution in [2.24, 2.45) is 7.05 Å². The zero-order valence-corrected chi connectivity index (χ0v) is 13.2. The van der Waals surface area contributed by atoms with Gasteiger partial charge in [-0.3, -0.25) is 0 Å². The van der Waals surface area contributed by atoms with Crippen LogP contribution in [0.5, 0.6) is 0 Å². The molecule has 22 heavy (non-hydrogen) atoms. The standard InChI is InChI=1S/C16H17N3O2S/c1-11-5-7-12(8-6-11)13(20)10-22-16-18-17-15(19(16)2)14-4-3-9-21-14/h3-9,13,20H,10H2,1-2H3. The van der Waals surface area contributed by atoms with Crippen LogP contribution in [0, 0.1) is 6.92 Å². The van der Waals surface area contributed by atoms with E-state index in [4.69, 9.17) is 4.42 Å². The second-order valence-electron chi connectivity index (χ2n) is 5.08. The molecule has 0 aliphatic heterocycles. The lowest BCUT2D eigenvalue weighted by Gasteiger charge is -2.10. The topological polar surface area (TPSA) is 64.1 Å². The van der Waals surface area contributed by atoms with Crippen LogP contribution in [0.25, 0.3) is 11.6 Å². The number of hydrogen-bond donors (Lipinski definition) is 1.